The van der Waals surface area contributed by atoms with Gasteiger partial charge in [0.15, 0.2) is 11.6 Å². The Morgan fingerprint density at radius 1 is 1.10 bits per heavy atom. The fourth-order valence-corrected chi connectivity index (χ4v) is 2.59. The molecule has 3 rings (SSSR count). The Bertz CT molecular complexity index is 1120. The first kappa shape index (κ1) is 20.1. The average Bonchev–Trinajstić information content (AvgIpc) is 2.67. The number of esters is 1. The lowest BCUT2D eigenvalue weighted by Gasteiger charge is -2.12. The zero-order chi connectivity index (χ0) is 22.8. The van der Waals surface area contributed by atoms with Gasteiger partial charge in [-0.2, -0.15) is 0 Å². The first-order valence-corrected chi connectivity index (χ1v) is 9.20. The van der Waals surface area contributed by atoms with Gasteiger partial charge in [0, 0.05) is 12.1 Å². The van der Waals surface area contributed by atoms with Crippen molar-refractivity contribution in [1.29, 1.82) is 0 Å². The minimum Gasteiger partial charge on any atom is -0.474 e. The maximum absolute atomic E-state index is 14.5. The molecule has 0 aliphatic carbocycles. The predicted octanol–water partition coefficient (Wildman–Crippen LogP) is 6.12. The van der Waals surface area contributed by atoms with Crippen molar-refractivity contribution in [2.24, 2.45) is 0 Å². The summed E-state index contributed by atoms with van der Waals surface area (Å²) in [5, 5.41) is 0.0250. The molecule has 0 saturated carbocycles. The molecule has 0 aliphatic heterocycles. The number of hydrogen-bond donors (Lipinski definition) is 0. The molecule has 3 aromatic rings. The number of ether oxygens (including phenoxy) is 3. The molecule has 1 aromatic heterocycles. The van der Waals surface area contributed by atoms with E-state index in [2.05, 4.69) is 4.98 Å². The number of benzene rings is 2. The molecule has 0 N–H and O–H groups in total. The molecule has 0 amide bonds. The van der Waals surface area contributed by atoms with Crippen LogP contribution in [0.2, 0.25) is 5.02 Å². The maximum Gasteiger partial charge on any atom is 0.346 e. The Labute approximate surface area is 178 Å². The lowest BCUT2D eigenvalue weighted by atomic mass is 10.2. The Morgan fingerprint density at radius 2 is 1.80 bits per heavy atom. The van der Waals surface area contributed by atoms with Crippen LogP contribution in [0, 0.1) is 18.6 Å². The van der Waals surface area contributed by atoms with Crippen molar-refractivity contribution in [2.45, 2.75) is 26.9 Å². The molecular formula is C22H18ClF2NO4. The van der Waals surface area contributed by atoms with Gasteiger partial charge in [0.1, 0.15) is 22.3 Å². The third-order valence-electron chi connectivity index (χ3n) is 3.78. The van der Waals surface area contributed by atoms with Crippen LogP contribution in [0.4, 0.5) is 8.78 Å². The van der Waals surface area contributed by atoms with Gasteiger partial charge in [-0.25, -0.2) is 18.6 Å². The number of nitrogens with zero attached hydrogens (tertiary/aromatic N) is 1. The van der Waals surface area contributed by atoms with Crippen LogP contribution in [0.5, 0.6) is 23.1 Å². The summed E-state index contributed by atoms with van der Waals surface area (Å²) in [6, 6.07) is 9.24. The second-order valence-corrected chi connectivity index (χ2v) is 6.94. The van der Waals surface area contributed by atoms with E-state index < -0.39 is 35.0 Å². The molecule has 156 valence electrons. The van der Waals surface area contributed by atoms with E-state index in [-0.39, 0.29) is 22.4 Å². The average molecular weight is 435 g/mol. The molecule has 2 aromatic carbocycles. The van der Waals surface area contributed by atoms with Gasteiger partial charge < -0.3 is 14.2 Å². The lowest BCUT2D eigenvalue weighted by molar-refractivity contribution is 0.0729. The third-order valence-corrected chi connectivity index (χ3v) is 4.05. The van der Waals surface area contributed by atoms with Crippen LogP contribution in [-0.2, 0) is 0 Å². The summed E-state index contributed by atoms with van der Waals surface area (Å²) in [6.07, 6.45) is -0.0822. The SMILES string of the molecule is [2H]C(C)(C)Oc1ncc(Oc2cc(F)c(C(=O)Oc3ccc(C)cc3)cc2F)cc1Cl. The number of rotatable bonds is 6. The number of carbonyl (C=O) groups is 1. The fraction of sp³-hybridized carbons (Fsp3) is 0.182. The lowest BCUT2D eigenvalue weighted by Crippen LogP contribution is -2.11. The zero-order valence-electron chi connectivity index (χ0n) is 17.3. The molecule has 1 heterocycles. The number of aryl methyl sites for hydroxylation is 1. The highest BCUT2D eigenvalue weighted by atomic mass is 35.5. The Hall–Kier alpha value is -3.19. The summed E-state index contributed by atoms with van der Waals surface area (Å²) >= 11 is 6.05. The van der Waals surface area contributed by atoms with Crippen LogP contribution in [0.15, 0.2) is 48.7 Å². The summed E-state index contributed by atoms with van der Waals surface area (Å²) < 4.78 is 52.3. The van der Waals surface area contributed by atoms with Crippen molar-refractivity contribution < 1.29 is 29.2 Å². The number of halogens is 3. The standard InChI is InChI=1S/C22H18ClF2NO4/c1-12(2)28-21-17(23)8-15(11-26-21)29-20-10-18(24)16(9-19(20)25)22(27)30-14-6-4-13(3)5-7-14/h4-12H,1-3H3/i12D. The predicted molar refractivity (Wildman–Crippen MR) is 108 cm³/mol. The van der Waals surface area contributed by atoms with Gasteiger partial charge in [-0.05, 0) is 39.0 Å². The van der Waals surface area contributed by atoms with E-state index in [9.17, 15) is 13.6 Å². The van der Waals surface area contributed by atoms with Gasteiger partial charge in [-0.1, -0.05) is 29.3 Å². The maximum atomic E-state index is 14.5. The molecule has 0 fully saturated rings. The minimum absolute atomic E-state index is 0.00475. The van der Waals surface area contributed by atoms with Crippen molar-refractivity contribution in [3.05, 3.63) is 76.4 Å². The molecular weight excluding hydrogens is 416 g/mol. The zero-order valence-corrected chi connectivity index (χ0v) is 17.1. The number of hydrogen-bond acceptors (Lipinski definition) is 5. The van der Waals surface area contributed by atoms with Crippen LogP contribution in [0.25, 0.3) is 0 Å². The van der Waals surface area contributed by atoms with Crippen LogP contribution in [0.1, 0.15) is 31.1 Å². The largest absolute Gasteiger partial charge is 0.474 e. The Kier molecular flexibility index (Phi) is 6.09. The quantitative estimate of drug-likeness (QED) is 0.345. The molecule has 0 saturated heterocycles. The van der Waals surface area contributed by atoms with E-state index in [1.165, 1.54) is 26.1 Å². The summed E-state index contributed by atoms with van der Waals surface area (Å²) in [7, 11) is 0. The van der Waals surface area contributed by atoms with Crippen molar-refractivity contribution in [1.82, 2.24) is 4.98 Å². The van der Waals surface area contributed by atoms with Crippen molar-refractivity contribution in [3.63, 3.8) is 0 Å². The van der Waals surface area contributed by atoms with Crippen molar-refractivity contribution in [3.8, 4) is 23.1 Å². The second kappa shape index (κ2) is 9.09. The summed E-state index contributed by atoms with van der Waals surface area (Å²) in [4.78, 5) is 16.1. The van der Waals surface area contributed by atoms with Gasteiger partial charge in [-0.3, -0.25) is 0 Å². The second-order valence-electron chi connectivity index (χ2n) is 6.54. The normalized spacial score (nSPS) is 11.6. The molecule has 0 atom stereocenters. The number of aromatic nitrogens is 1. The van der Waals surface area contributed by atoms with Gasteiger partial charge in [0.05, 0.1) is 19.2 Å². The van der Waals surface area contributed by atoms with E-state index in [4.69, 9.17) is 27.2 Å². The highest BCUT2D eigenvalue weighted by Gasteiger charge is 2.20. The minimum atomic E-state index is -1.27. The van der Waals surface area contributed by atoms with E-state index in [0.717, 1.165) is 11.6 Å². The molecule has 0 spiro atoms. The van der Waals surface area contributed by atoms with Crippen LogP contribution < -0.4 is 14.2 Å². The summed E-state index contributed by atoms with van der Waals surface area (Å²) in [6.45, 7) is 4.86. The molecule has 5 nitrogen and oxygen atoms in total. The topological polar surface area (TPSA) is 57.7 Å². The van der Waals surface area contributed by atoms with Crippen LogP contribution >= 0.6 is 11.6 Å². The molecule has 0 unspecified atom stereocenters. The van der Waals surface area contributed by atoms with Gasteiger partial charge >= 0.3 is 5.97 Å². The summed E-state index contributed by atoms with van der Waals surface area (Å²) in [5.41, 5.74) is 0.374. The molecule has 0 aliphatic rings. The Balaban J connectivity index is 1.78. The van der Waals surface area contributed by atoms with E-state index in [1.807, 2.05) is 6.92 Å². The molecule has 0 bridgehead atoms. The van der Waals surface area contributed by atoms with Crippen molar-refractivity contribution in [2.75, 3.05) is 0 Å². The van der Waals surface area contributed by atoms with E-state index in [0.29, 0.717) is 6.07 Å². The highest BCUT2D eigenvalue weighted by molar-refractivity contribution is 6.31. The number of pyridine rings is 1. The van der Waals surface area contributed by atoms with Crippen LogP contribution in [0.3, 0.4) is 0 Å². The van der Waals surface area contributed by atoms with E-state index >= 15 is 0 Å². The molecule has 0 radical (unpaired) electrons. The first-order valence-electron chi connectivity index (χ1n) is 9.32. The smallest absolute Gasteiger partial charge is 0.346 e. The van der Waals surface area contributed by atoms with Crippen molar-refractivity contribution >= 4 is 17.6 Å². The molecule has 8 heteroatoms. The van der Waals surface area contributed by atoms with Gasteiger partial charge in [0.2, 0.25) is 5.88 Å². The molecule has 30 heavy (non-hydrogen) atoms. The Morgan fingerprint density at radius 3 is 2.43 bits per heavy atom. The van der Waals surface area contributed by atoms with E-state index in [1.54, 1.807) is 24.3 Å². The number of carbonyl (C=O) groups excluding carboxylic acids is 1. The van der Waals surface area contributed by atoms with Gasteiger partial charge in [-0.15, -0.1) is 0 Å². The monoisotopic (exact) mass is 434 g/mol. The third kappa shape index (κ3) is 5.24. The highest BCUT2D eigenvalue weighted by Crippen LogP contribution is 2.32. The summed E-state index contributed by atoms with van der Waals surface area (Å²) in [5.74, 6) is -3.32. The fourth-order valence-electron chi connectivity index (χ4n) is 2.39. The first-order chi connectivity index (χ1) is 14.5. The van der Waals surface area contributed by atoms with Gasteiger partial charge in [0.25, 0.3) is 0 Å². The van der Waals surface area contributed by atoms with Crippen LogP contribution in [-0.4, -0.2) is 17.0 Å².